The Morgan fingerprint density at radius 3 is 3.00 bits per heavy atom. The van der Waals surface area contributed by atoms with Gasteiger partial charge in [0.15, 0.2) is 0 Å². The van der Waals surface area contributed by atoms with Gasteiger partial charge >= 0.3 is 0 Å². The van der Waals surface area contributed by atoms with Crippen LogP contribution in [0.15, 0.2) is 0 Å². The molecule has 3 heteroatoms. The molecule has 2 unspecified atom stereocenters. The number of hydrogen-bond acceptors (Lipinski definition) is 3. The number of hydrogen-bond donors (Lipinski definition) is 1. The zero-order valence-electron chi connectivity index (χ0n) is 9.17. The van der Waals surface area contributed by atoms with E-state index < -0.39 is 0 Å². The molecule has 0 aromatic carbocycles. The Labute approximate surface area is 86.8 Å². The summed E-state index contributed by atoms with van der Waals surface area (Å²) >= 11 is 0. The van der Waals surface area contributed by atoms with Crippen LogP contribution < -0.4 is 5.32 Å². The normalized spacial score (nSPS) is 35.8. The van der Waals surface area contributed by atoms with Crippen molar-refractivity contribution in [3.8, 4) is 0 Å². The fourth-order valence-corrected chi connectivity index (χ4v) is 2.39. The fourth-order valence-electron chi connectivity index (χ4n) is 2.39. The topological polar surface area (TPSA) is 24.5 Å². The molecule has 2 atom stereocenters. The van der Waals surface area contributed by atoms with Gasteiger partial charge in [0.05, 0.1) is 12.2 Å². The second-order valence-corrected chi connectivity index (χ2v) is 4.55. The number of nitrogens with one attached hydrogen (secondary N) is 1. The third-order valence-electron chi connectivity index (χ3n) is 3.21. The van der Waals surface area contributed by atoms with E-state index >= 15 is 0 Å². The first kappa shape index (κ1) is 10.4. The summed E-state index contributed by atoms with van der Waals surface area (Å²) in [6.07, 6.45) is 4.78. The van der Waals surface area contributed by atoms with Gasteiger partial charge in [0.1, 0.15) is 0 Å². The summed E-state index contributed by atoms with van der Waals surface area (Å²) in [6.45, 7) is 8.08. The molecule has 0 bridgehead atoms. The largest absolute Gasteiger partial charge is 0.374 e. The van der Waals surface area contributed by atoms with Gasteiger partial charge in [0.2, 0.25) is 0 Å². The van der Waals surface area contributed by atoms with E-state index in [0.29, 0.717) is 12.2 Å². The molecule has 2 aliphatic rings. The highest BCUT2D eigenvalue weighted by molar-refractivity contribution is 4.76. The van der Waals surface area contributed by atoms with Crippen molar-refractivity contribution in [1.29, 1.82) is 0 Å². The Hall–Kier alpha value is -0.120. The van der Waals surface area contributed by atoms with E-state index in [1.165, 1.54) is 38.9 Å². The van der Waals surface area contributed by atoms with Gasteiger partial charge in [-0.25, -0.2) is 0 Å². The Balaban J connectivity index is 1.72. The number of ether oxygens (including phenoxy) is 1. The minimum absolute atomic E-state index is 0.491. The van der Waals surface area contributed by atoms with Crippen LogP contribution in [0.1, 0.15) is 26.2 Å². The highest BCUT2D eigenvalue weighted by Crippen LogP contribution is 2.19. The maximum absolute atomic E-state index is 5.84. The third-order valence-corrected chi connectivity index (χ3v) is 3.21. The molecule has 2 heterocycles. The average molecular weight is 198 g/mol. The second kappa shape index (κ2) is 5.10. The zero-order valence-corrected chi connectivity index (χ0v) is 9.17. The molecule has 2 rings (SSSR count). The predicted molar refractivity (Wildman–Crippen MR) is 57.5 cm³/mol. The third kappa shape index (κ3) is 2.94. The van der Waals surface area contributed by atoms with Gasteiger partial charge in [-0.15, -0.1) is 0 Å². The summed E-state index contributed by atoms with van der Waals surface area (Å²) in [7, 11) is 0. The van der Waals surface area contributed by atoms with Gasteiger partial charge in [-0.05, 0) is 39.3 Å². The molecule has 0 aromatic heterocycles. The maximum Gasteiger partial charge on any atom is 0.0706 e. The van der Waals surface area contributed by atoms with E-state index in [9.17, 15) is 0 Å². The van der Waals surface area contributed by atoms with Crippen molar-refractivity contribution >= 4 is 0 Å². The Kier molecular flexibility index (Phi) is 3.79. The smallest absolute Gasteiger partial charge is 0.0706 e. The molecule has 0 aromatic rings. The van der Waals surface area contributed by atoms with Gasteiger partial charge in [-0.2, -0.15) is 0 Å². The highest BCUT2D eigenvalue weighted by Gasteiger charge is 2.23. The zero-order chi connectivity index (χ0) is 9.80. The van der Waals surface area contributed by atoms with Crippen LogP contribution in [-0.2, 0) is 4.74 Å². The van der Waals surface area contributed by atoms with Gasteiger partial charge < -0.3 is 10.1 Å². The van der Waals surface area contributed by atoms with Crippen molar-refractivity contribution < 1.29 is 4.74 Å². The molecule has 0 spiro atoms. The first-order valence-corrected chi connectivity index (χ1v) is 5.93. The van der Waals surface area contributed by atoms with Crippen LogP contribution in [0.5, 0.6) is 0 Å². The molecule has 0 aliphatic carbocycles. The van der Waals surface area contributed by atoms with Gasteiger partial charge in [-0.1, -0.05) is 0 Å². The van der Waals surface area contributed by atoms with Crippen LogP contribution in [0.2, 0.25) is 0 Å². The summed E-state index contributed by atoms with van der Waals surface area (Å²) in [6, 6.07) is 0. The monoisotopic (exact) mass is 198 g/mol. The molecule has 3 nitrogen and oxygen atoms in total. The molecule has 14 heavy (non-hydrogen) atoms. The van der Waals surface area contributed by atoms with Crippen LogP contribution >= 0.6 is 0 Å². The molecule has 0 amide bonds. The molecule has 1 N–H and O–H groups in total. The SMILES string of the molecule is CC1CCC(CN2CCCNCC2)O1. The molecule has 2 aliphatic heterocycles. The number of rotatable bonds is 2. The van der Waals surface area contributed by atoms with E-state index in [1.54, 1.807) is 0 Å². The van der Waals surface area contributed by atoms with Gasteiger partial charge in [0, 0.05) is 19.6 Å². The summed E-state index contributed by atoms with van der Waals surface area (Å²) in [5.74, 6) is 0. The van der Waals surface area contributed by atoms with Crippen molar-refractivity contribution in [3.63, 3.8) is 0 Å². The lowest BCUT2D eigenvalue weighted by molar-refractivity contribution is 0.0327. The molecular weight excluding hydrogens is 176 g/mol. The minimum atomic E-state index is 0.491. The van der Waals surface area contributed by atoms with Crippen molar-refractivity contribution in [2.75, 3.05) is 32.7 Å². The molecule has 2 fully saturated rings. The summed E-state index contributed by atoms with van der Waals surface area (Å²) < 4.78 is 5.84. The van der Waals surface area contributed by atoms with Crippen LogP contribution in [0.3, 0.4) is 0 Å². The van der Waals surface area contributed by atoms with Crippen LogP contribution in [0.4, 0.5) is 0 Å². The first-order chi connectivity index (χ1) is 6.84. The molecular formula is C11H22N2O. The van der Waals surface area contributed by atoms with E-state index in [1.807, 2.05) is 0 Å². The van der Waals surface area contributed by atoms with E-state index in [4.69, 9.17) is 4.74 Å². The van der Waals surface area contributed by atoms with Crippen LogP contribution in [0.25, 0.3) is 0 Å². The standard InChI is InChI=1S/C11H22N2O/c1-10-3-4-11(14-10)9-13-7-2-5-12-6-8-13/h10-12H,2-9H2,1H3. The Morgan fingerprint density at radius 1 is 1.29 bits per heavy atom. The fraction of sp³-hybridized carbons (Fsp3) is 1.00. The lowest BCUT2D eigenvalue weighted by atomic mass is 10.2. The Bertz CT molecular complexity index is 167. The van der Waals surface area contributed by atoms with Gasteiger partial charge in [-0.3, -0.25) is 4.90 Å². The van der Waals surface area contributed by atoms with Crippen molar-refractivity contribution in [3.05, 3.63) is 0 Å². The van der Waals surface area contributed by atoms with Crippen molar-refractivity contribution in [1.82, 2.24) is 10.2 Å². The van der Waals surface area contributed by atoms with Crippen molar-refractivity contribution in [2.45, 2.75) is 38.4 Å². The minimum Gasteiger partial charge on any atom is -0.374 e. The lowest BCUT2D eigenvalue weighted by Gasteiger charge is -2.23. The average Bonchev–Trinajstić information content (AvgIpc) is 2.43. The van der Waals surface area contributed by atoms with Crippen molar-refractivity contribution in [2.24, 2.45) is 0 Å². The molecule has 0 radical (unpaired) electrons. The lowest BCUT2D eigenvalue weighted by Crippen LogP contribution is -2.35. The van der Waals surface area contributed by atoms with E-state index in [-0.39, 0.29) is 0 Å². The first-order valence-electron chi connectivity index (χ1n) is 5.93. The maximum atomic E-state index is 5.84. The predicted octanol–water partition coefficient (Wildman–Crippen LogP) is 0.849. The number of nitrogens with zero attached hydrogens (tertiary/aromatic N) is 1. The second-order valence-electron chi connectivity index (χ2n) is 4.55. The molecule has 2 saturated heterocycles. The molecule has 82 valence electrons. The van der Waals surface area contributed by atoms with E-state index in [2.05, 4.69) is 17.1 Å². The summed E-state index contributed by atoms with van der Waals surface area (Å²) in [5.41, 5.74) is 0. The summed E-state index contributed by atoms with van der Waals surface area (Å²) in [5, 5.41) is 3.43. The Morgan fingerprint density at radius 2 is 2.21 bits per heavy atom. The van der Waals surface area contributed by atoms with Crippen LogP contribution in [0, 0.1) is 0 Å². The highest BCUT2D eigenvalue weighted by atomic mass is 16.5. The summed E-state index contributed by atoms with van der Waals surface area (Å²) in [4.78, 5) is 2.54. The molecule has 0 saturated carbocycles. The quantitative estimate of drug-likeness (QED) is 0.712. The van der Waals surface area contributed by atoms with Gasteiger partial charge in [0.25, 0.3) is 0 Å². The van der Waals surface area contributed by atoms with E-state index in [0.717, 1.165) is 13.1 Å². The van der Waals surface area contributed by atoms with Crippen LogP contribution in [-0.4, -0.2) is 49.8 Å².